The summed E-state index contributed by atoms with van der Waals surface area (Å²) >= 11 is 6.06. The monoisotopic (exact) mass is 271 g/mol. The quantitative estimate of drug-likeness (QED) is 0.928. The van der Waals surface area contributed by atoms with Crippen LogP contribution in [0.3, 0.4) is 0 Å². The van der Waals surface area contributed by atoms with E-state index in [9.17, 15) is 8.78 Å². The molecule has 1 aromatic heterocycles. The zero-order chi connectivity index (χ0) is 13.3. The number of rotatable bonds is 3. The molecule has 2 rings (SSSR count). The van der Waals surface area contributed by atoms with Crippen LogP contribution in [-0.2, 0) is 13.6 Å². The van der Waals surface area contributed by atoms with Crippen molar-refractivity contribution < 1.29 is 8.78 Å². The Morgan fingerprint density at radius 2 is 1.89 bits per heavy atom. The summed E-state index contributed by atoms with van der Waals surface area (Å²) in [5, 5.41) is 7.59. The van der Waals surface area contributed by atoms with Crippen LogP contribution in [0.2, 0.25) is 5.15 Å². The molecule has 0 spiro atoms. The molecule has 3 nitrogen and oxygen atoms in total. The topological polar surface area (TPSA) is 29.9 Å². The van der Waals surface area contributed by atoms with Gasteiger partial charge in [0.1, 0.15) is 16.8 Å². The van der Waals surface area contributed by atoms with Crippen LogP contribution in [0.4, 0.5) is 14.5 Å². The first-order chi connectivity index (χ1) is 8.47. The van der Waals surface area contributed by atoms with E-state index in [1.165, 1.54) is 12.1 Å². The Hall–Kier alpha value is -1.62. The number of anilines is 1. The first-order valence-electron chi connectivity index (χ1n) is 5.35. The van der Waals surface area contributed by atoms with E-state index < -0.39 is 11.6 Å². The third-order valence-electron chi connectivity index (χ3n) is 2.60. The number of hydrogen-bond acceptors (Lipinski definition) is 2. The van der Waals surface area contributed by atoms with Gasteiger partial charge in [-0.2, -0.15) is 5.10 Å². The van der Waals surface area contributed by atoms with Crippen molar-refractivity contribution in [1.82, 2.24) is 9.78 Å². The van der Waals surface area contributed by atoms with Crippen LogP contribution in [0.1, 0.15) is 11.3 Å². The van der Waals surface area contributed by atoms with Gasteiger partial charge < -0.3 is 5.32 Å². The van der Waals surface area contributed by atoms with Crippen LogP contribution in [-0.4, -0.2) is 9.78 Å². The number of halogens is 3. The summed E-state index contributed by atoms with van der Waals surface area (Å²) < 4.78 is 27.5. The van der Waals surface area contributed by atoms with Crippen LogP contribution >= 0.6 is 11.6 Å². The Kier molecular flexibility index (Phi) is 3.52. The molecular formula is C12H12ClF2N3. The molecule has 6 heteroatoms. The normalized spacial score (nSPS) is 10.7. The van der Waals surface area contributed by atoms with Crippen LogP contribution in [0.5, 0.6) is 0 Å². The number of aryl methyl sites for hydroxylation is 2. The predicted octanol–water partition coefficient (Wildman–Crippen LogP) is 3.27. The second-order valence-electron chi connectivity index (χ2n) is 3.99. The summed E-state index contributed by atoms with van der Waals surface area (Å²) in [5.41, 5.74) is 1.96. The first kappa shape index (κ1) is 12.8. The number of hydrogen-bond donors (Lipinski definition) is 1. The fraction of sp³-hybridized carbons (Fsp3) is 0.250. The zero-order valence-electron chi connectivity index (χ0n) is 9.97. The summed E-state index contributed by atoms with van der Waals surface area (Å²) in [4.78, 5) is 0. The maximum atomic E-state index is 13.0. The van der Waals surface area contributed by atoms with Gasteiger partial charge in [-0.15, -0.1) is 0 Å². The van der Waals surface area contributed by atoms with Crippen LogP contribution in [0, 0.1) is 18.6 Å². The van der Waals surface area contributed by atoms with E-state index in [-0.39, 0.29) is 0 Å². The lowest BCUT2D eigenvalue weighted by molar-refractivity contribution is 0.584. The van der Waals surface area contributed by atoms with E-state index in [0.717, 1.165) is 17.3 Å². The zero-order valence-corrected chi connectivity index (χ0v) is 10.7. The Morgan fingerprint density at radius 3 is 2.39 bits per heavy atom. The Balaban J connectivity index is 2.16. The van der Waals surface area contributed by atoms with Crippen molar-refractivity contribution >= 4 is 17.3 Å². The van der Waals surface area contributed by atoms with Gasteiger partial charge in [-0.3, -0.25) is 4.68 Å². The van der Waals surface area contributed by atoms with E-state index in [4.69, 9.17) is 11.6 Å². The highest BCUT2D eigenvalue weighted by molar-refractivity contribution is 6.30. The molecule has 0 aliphatic carbocycles. The van der Waals surface area contributed by atoms with E-state index in [2.05, 4.69) is 10.4 Å². The first-order valence-corrected chi connectivity index (χ1v) is 5.73. The van der Waals surface area contributed by atoms with Crippen molar-refractivity contribution in [3.63, 3.8) is 0 Å². The van der Waals surface area contributed by atoms with E-state index >= 15 is 0 Å². The van der Waals surface area contributed by atoms with Crippen molar-refractivity contribution in [1.29, 1.82) is 0 Å². The SMILES string of the molecule is Cc1nn(C)c(Cl)c1CNc1cc(F)cc(F)c1. The third-order valence-corrected chi connectivity index (χ3v) is 3.07. The molecule has 0 saturated carbocycles. The highest BCUT2D eigenvalue weighted by atomic mass is 35.5. The van der Waals surface area contributed by atoms with E-state index in [0.29, 0.717) is 17.4 Å². The largest absolute Gasteiger partial charge is 0.381 e. The summed E-state index contributed by atoms with van der Waals surface area (Å²) in [5.74, 6) is -1.24. The fourth-order valence-corrected chi connectivity index (χ4v) is 1.96. The maximum Gasteiger partial charge on any atom is 0.131 e. The summed E-state index contributed by atoms with van der Waals surface area (Å²) in [6.45, 7) is 2.19. The van der Waals surface area contributed by atoms with Gasteiger partial charge in [0, 0.05) is 30.9 Å². The summed E-state index contributed by atoms with van der Waals surface area (Å²) in [7, 11) is 1.74. The smallest absolute Gasteiger partial charge is 0.131 e. The van der Waals surface area contributed by atoms with Gasteiger partial charge in [0.15, 0.2) is 0 Å². The highest BCUT2D eigenvalue weighted by Gasteiger charge is 2.11. The lowest BCUT2D eigenvalue weighted by Gasteiger charge is -2.06. The van der Waals surface area contributed by atoms with E-state index in [1.54, 1.807) is 11.7 Å². The van der Waals surface area contributed by atoms with Gasteiger partial charge in [-0.25, -0.2) is 8.78 Å². The van der Waals surface area contributed by atoms with Gasteiger partial charge in [-0.05, 0) is 19.1 Å². The molecule has 1 heterocycles. The molecule has 0 amide bonds. The minimum atomic E-state index is -0.619. The third kappa shape index (κ3) is 2.61. The fourth-order valence-electron chi connectivity index (χ4n) is 1.72. The predicted molar refractivity (Wildman–Crippen MR) is 66.6 cm³/mol. The maximum absolute atomic E-state index is 13.0. The molecule has 0 atom stereocenters. The highest BCUT2D eigenvalue weighted by Crippen LogP contribution is 2.20. The van der Waals surface area contributed by atoms with Crippen LogP contribution < -0.4 is 5.32 Å². The van der Waals surface area contributed by atoms with Gasteiger partial charge in [0.25, 0.3) is 0 Å². The van der Waals surface area contributed by atoms with Crippen molar-refractivity contribution in [2.45, 2.75) is 13.5 Å². The minimum absolute atomic E-state index is 0.363. The van der Waals surface area contributed by atoms with Crippen molar-refractivity contribution in [2.75, 3.05) is 5.32 Å². The summed E-state index contributed by atoms with van der Waals surface area (Å²) in [6, 6.07) is 3.28. The lowest BCUT2D eigenvalue weighted by Crippen LogP contribution is -2.01. The molecule has 1 aromatic carbocycles. The molecule has 0 fully saturated rings. The molecule has 1 N–H and O–H groups in total. The number of benzene rings is 1. The molecule has 0 aliphatic rings. The molecule has 0 aliphatic heterocycles. The number of nitrogens with one attached hydrogen (secondary N) is 1. The van der Waals surface area contributed by atoms with E-state index in [1.807, 2.05) is 6.92 Å². The standard InChI is InChI=1S/C12H12ClF2N3/c1-7-11(12(13)18(2)17-7)6-16-10-4-8(14)3-9(15)5-10/h3-5,16H,6H2,1-2H3. The minimum Gasteiger partial charge on any atom is -0.381 e. The van der Waals surface area contributed by atoms with Gasteiger partial charge in [0.2, 0.25) is 0 Å². The van der Waals surface area contributed by atoms with Crippen molar-refractivity contribution in [2.24, 2.45) is 7.05 Å². The number of aromatic nitrogens is 2. The van der Waals surface area contributed by atoms with Crippen LogP contribution in [0.15, 0.2) is 18.2 Å². The Bertz CT molecular complexity index is 561. The Labute approximate surface area is 108 Å². The molecule has 0 unspecified atom stereocenters. The molecule has 96 valence electrons. The average molecular weight is 272 g/mol. The molecular weight excluding hydrogens is 260 g/mol. The van der Waals surface area contributed by atoms with Crippen molar-refractivity contribution in [3.05, 3.63) is 46.2 Å². The molecule has 18 heavy (non-hydrogen) atoms. The molecule has 0 radical (unpaired) electrons. The van der Waals surface area contributed by atoms with Gasteiger partial charge >= 0.3 is 0 Å². The van der Waals surface area contributed by atoms with Gasteiger partial charge in [-0.1, -0.05) is 11.6 Å². The Morgan fingerprint density at radius 1 is 1.28 bits per heavy atom. The van der Waals surface area contributed by atoms with Gasteiger partial charge in [0.05, 0.1) is 5.69 Å². The second-order valence-corrected chi connectivity index (χ2v) is 4.35. The van der Waals surface area contributed by atoms with Crippen molar-refractivity contribution in [3.8, 4) is 0 Å². The molecule has 0 saturated heterocycles. The number of nitrogens with zero attached hydrogens (tertiary/aromatic N) is 2. The summed E-state index contributed by atoms with van der Waals surface area (Å²) in [6.07, 6.45) is 0. The van der Waals surface area contributed by atoms with Crippen LogP contribution in [0.25, 0.3) is 0 Å². The molecule has 2 aromatic rings. The average Bonchev–Trinajstić information content (AvgIpc) is 2.50. The second kappa shape index (κ2) is 4.94. The lowest BCUT2D eigenvalue weighted by atomic mass is 10.2. The molecule has 0 bridgehead atoms.